The van der Waals surface area contributed by atoms with Crippen molar-refractivity contribution >= 4 is 21.0 Å². The fraction of sp³-hybridized carbons (Fsp3) is 1.00. The fourth-order valence-electron chi connectivity index (χ4n) is 2.20. The van der Waals surface area contributed by atoms with Crippen molar-refractivity contribution in [3.05, 3.63) is 0 Å². The minimum Gasteiger partial charge on any atom is -0.313 e. The molecule has 1 unspecified atom stereocenters. The second kappa shape index (κ2) is 9.05. The highest BCUT2D eigenvalue weighted by atomic mass is 32.3. The Labute approximate surface area is 119 Å². The summed E-state index contributed by atoms with van der Waals surface area (Å²) < 4.78 is 37.1. The number of hydrogen-bond acceptors (Lipinski definition) is 4. The maximum Gasteiger partial charge on any atom is 0.223 e. The van der Waals surface area contributed by atoms with Gasteiger partial charge in [-0.1, -0.05) is 32.6 Å². The van der Waals surface area contributed by atoms with Crippen molar-refractivity contribution in [3.63, 3.8) is 0 Å². The van der Waals surface area contributed by atoms with Gasteiger partial charge in [-0.2, -0.15) is 0 Å². The average molecular weight is 310 g/mol. The molecule has 0 amide bonds. The van der Waals surface area contributed by atoms with Gasteiger partial charge in [0.05, 0.1) is 5.75 Å². The quantitative estimate of drug-likeness (QED) is 0.673. The van der Waals surface area contributed by atoms with Crippen molar-refractivity contribution in [1.29, 1.82) is 0 Å². The molecule has 1 atom stereocenters. The maximum absolute atomic E-state index is 11.7. The molecule has 7 heteroatoms. The second-order valence-electron chi connectivity index (χ2n) is 5.09. The van der Waals surface area contributed by atoms with E-state index in [2.05, 4.69) is 9.44 Å². The van der Waals surface area contributed by atoms with E-state index >= 15 is 0 Å². The molecule has 0 aliphatic heterocycles. The number of rotatable bonds is 9. The minimum absolute atomic E-state index is 0.00135. The standard InChI is InChI=1S/C12H26N2O3S2/c1-2-3-10-18(15)14-19(16,17)11-9-13-12-7-5-4-6-8-12/h12-14H,2-11H2,1H3. The molecule has 1 fully saturated rings. The Morgan fingerprint density at radius 1 is 1.21 bits per heavy atom. The van der Waals surface area contributed by atoms with E-state index in [9.17, 15) is 12.6 Å². The van der Waals surface area contributed by atoms with Crippen molar-refractivity contribution < 1.29 is 12.6 Å². The number of hydrogen-bond donors (Lipinski definition) is 2. The number of sulfonamides is 1. The van der Waals surface area contributed by atoms with Crippen LogP contribution in [0.25, 0.3) is 0 Å². The molecule has 0 saturated heterocycles. The monoisotopic (exact) mass is 310 g/mol. The van der Waals surface area contributed by atoms with Crippen molar-refractivity contribution in [1.82, 2.24) is 9.44 Å². The van der Waals surface area contributed by atoms with Gasteiger partial charge in [-0.3, -0.25) is 0 Å². The van der Waals surface area contributed by atoms with E-state index in [1.165, 1.54) is 19.3 Å². The first-order chi connectivity index (χ1) is 9.03. The molecular weight excluding hydrogens is 284 g/mol. The molecule has 19 heavy (non-hydrogen) atoms. The second-order valence-corrected chi connectivity index (χ2v) is 8.50. The number of unbranched alkanes of at least 4 members (excludes halogenated alkanes) is 1. The van der Waals surface area contributed by atoms with Crippen molar-refractivity contribution in [2.45, 2.75) is 57.9 Å². The lowest BCUT2D eigenvalue weighted by molar-refractivity contribution is 0.380. The molecule has 1 rings (SSSR count). The zero-order chi connectivity index (χ0) is 14.1. The molecule has 0 aromatic carbocycles. The SMILES string of the molecule is CCCCS(=O)NS(=O)(=O)CCNC1CCCCC1. The van der Waals surface area contributed by atoms with Gasteiger partial charge in [-0.25, -0.2) is 12.6 Å². The maximum atomic E-state index is 11.7. The normalized spacial score (nSPS) is 19.4. The molecule has 5 nitrogen and oxygen atoms in total. The Morgan fingerprint density at radius 3 is 2.53 bits per heavy atom. The lowest BCUT2D eigenvalue weighted by Crippen LogP contribution is -2.38. The van der Waals surface area contributed by atoms with Crippen molar-refractivity contribution in [3.8, 4) is 0 Å². The molecule has 2 N–H and O–H groups in total. The number of nitrogens with one attached hydrogen (secondary N) is 2. The highest BCUT2D eigenvalue weighted by Gasteiger charge is 2.16. The van der Waals surface area contributed by atoms with Gasteiger partial charge >= 0.3 is 0 Å². The van der Waals surface area contributed by atoms with Crippen LogP contribution in [0.5, 0.6) is 0 Å². The summed E-state index contributed by atoms with van der Waals surface area (Å²) in [6, 6.07) is 0.453. The van der Waals surface area contributed by atoms with E-state index in [4.69, 9.17) is 0 Å². The van der Waals surface area contributed by atoms with Crippen LogP contribution < -0.4 is 9.44 Å². The predicted octanol–water partition coefficient (Wildman–Crippen LogP) is 1.29. The third kappa shape index (κ3) is 8.02. The van der Waals surface area contributed by atoms with Gasteiger partial charge in [0, 0.05) is 18.3 Å². The van der Waals surface area contributed by atoms with E-state index in [1.807, 2.05) is 6.92 Å². The Balaban J connectivity index is 2.20. The van der Waals surface area contributed by atoms with Gasteiger partial charge in [0.1, 0.15) is 11.0 Å². The van der Waals surface area contributed by atoms with Gasteiger partial charge in [0.2, 0.25) is 10.0 Å². The van der Waals surface area contributed by atoms with E-state index < -0.39 is 21.0 Å². The van der Waals surface area contributed by atoms with Crippen LogP contribution in [0.4, 0.5) is 0 Å². The summed E-state index contributed by atoms with van der Waals surface area (Å²) in [5.41, 5.74) is 0. The van der Waals surface area contributed by atoms with E-state index in [0.717, 1.165) is 25.7 Å². The molecule has 1 aliphatic rings. The summed E-state index contributed by atoms with van der Waals surface area (Å²) in [6.07, 6.45) is 7.69. The van der Waals surface area contributed by atoms with Crippen LogP contribution in [0.15, 0.2) is 0 Å². The highest BCUT2D eigenvalue weighted by Crippen LogP contribution is 2.16. The van der Waals surface area contributed by atoms with Gasteiger partial charge in [0.15, 0.2) is 0 Å². The summed E-state index contributed by atoms with van der Waals surface area (Å²) >= 11 is 0. The van der Waals surface area contributed by atoms with E-state index in [-0.39, 0.29) is 5.75 Å². The summed E-state index contributed by atoms with van der Waals surface area (Å²) in [6.45, 7) is 2.42. The summed E-state index contributed by atoms with van der Waals surface area (Å²) in [4.78, 5) is 0. The van der Waals surface area contributed by atoms with E-state index in [0.29, 0.717) is 18.3 Å². The van der Waals surface area contributed by atoms with Crippen LogP contribution in [0.3, 0.4) is 0 Å². The zero-order valence-electron chi connectivity index (χ0n) is 11.7. The first kappa shape index (κ1) is 17.1. The molecule has 0 bridgehead atoms. The van der Waals surface area contributed by atoms with Crippen LogP contribution in [-0.2, 0) is 21.0 Å². The summed E-state index contributed by atoms with van der Waals surface area (Å²) in [5, 5.41) is 3.28. The van der Waals surface area contributed by atoms with Crippen molar-refractivity contribution in [2.75, 3.05) is 18.1 Å². The molecule has 0 radical (unpaired) electrons. The topological polar surface area (TPSA) is 75.3 Å². The Morgan fingerprint density at radius 2 is 1.89 bits per heavy atom. The fourth-order valence-corrected chi connectivity index (χ4v) is 4.94. The van der Waals surface area contributed by atoms with Gasteiger partial charge in [0.25, 0.3) is 0 Å². The molecule has 0 aromatic rings. The summed E-state index contributed by atoms with van der Waals surface area (Å²) in [7, 11) is -4.89. The molecular formula is C12H26N2O3S2. The smallest absolute Gasteiger partial charge is 0.223 e. The van der Waals surface area contributed by atoms with Crippen LogP contribution in [0, 0.1) is 0 Å². The van der Waals surface area contributed by atoms with Crippen LogP contribution in [0.1, 0.15) is 51.9 Å². The highest BCUT2D eigenvalue weighted by molar-refractivity contribution is 8.01. The largest absolute Gasteiger partial charge is 0.313 e. The van der Waals surface area contributed by atoms with E-state index in [1.54, 1.807) is 0 Å². The van der Waals surface area contributed by atoms with Gasteiger partial charge in [-0.05, 0) is 19.3 Å². The molecule has 0 heterocycles. The zero-order valence-corrected chi connectivity index (χ0v) is 13.3. The third-order valence-corrected chi connectivity index (χ3v) is 6.47. The molecule has 0 aromatic heterocycles. The summed E-state index contributed by atoms with van der Waals surface area (Å²) in [5.74, 6) is 0.396. The third-order valence-electron chi connectivity index (χ3n) is 3.31. The predicted molar refractivity (Wildman–Crippen MR) is 79.7 cm³/mol. The van der Waals surface area contributed by atoms with Crippen LogP contribution in [-0.4, -0.2) is 36.7 Å². The van der Waals surface area contributed by atoms with Crippen molar-refractivity contribution in [2.24, 2.45) is 0 Å². The molecule has 1 saturated carbocycles. The first-order valence-corrected chi connectivity index (χ1v) is 10.1. The minimum atomic E-state index is -3.42. The Bertz CT molecular complexity index is 365. The Hall–Kier alpha value is 0.0200. The molecule has 1 aliphatic carbocycles. The van der Waals surface area contributed by atoms with Gasteiger partial charge < -0.3 is 5.32 Å². The average Bonchev–Trinajstić information content (AvgIpc) is 2.37. The van der Waals surface area contributed by atoms with Crippen LogP contribution >= 0.6 is 0 Å². The molecule has 0 spiro atoms. The first-order valence-electron chi connectivity index (χ1n) is 7.15. The Kier molecular flexibility index (Phi) is 8.13. The lowest BCUT2D eigenvalue weighted by atomic mass is 9.96. The lowest BCUT2D eigenvalue weighted by Gasteiger charge is -2.22. The van der Waals surface area contributed by atoms with Gasteiger partial charge in [-0.15, -0.1) is 4.13 Å². The van der Waals surface area contributed by atoms with Crippen LogP contribution in [0.2, 0.25) is 0 Å². The molecule has 114 valence electrons.